The molecule has 0 bridgehead atoms. The summed E-state index contributed by atoms with van der Waals surface area (Å²) >= 11 is 6.10. The highest BCUT2D eigenvalue weighted by Gasteiger charge is 2.18. The van der Waals surface area contributed by atoms with Crippen molar-refractivity contribution in [3.8, 4) is 12.1 Å². The van der Waals surface area contributed by atoms with Crippen LogP contribution in [0, 0.1) is 50.4 Å². The molecule has 0 unspecified atom stereocenters. The molecule has 0 atom stereocenters. The monoisotopic (exact) mass is 593 g/mol. The number of aryl methyl sites for hydroxylation is 4. The molecule has 1 aliphatic heterocycles. The van der Waals surface area contributed by atoms with Gasteiger partial charge in [0.1, 0.15) is 12.1 Å². The Labute approximate surface area is 262 Å². The third-order valence-corrected chi connectivity index (χ3v) is 9.19. The van der Waals surface area contributed by atoms with E-state index in [1.165, 1.54) is 93.5 Å². The van der Waals surface area contributed by atoms with Crippen LogP contribution in [0.1, 0.15) is 104 Å². The van der Waals surface area contributed by atoms with E-state index in [-0.39, 0.29) is 0 Å². The summed E-state index contributed by atoms with van der Waals surface area (Å²) < 4.78 is 0. The molecule has 4 aromatic rings. The van der Waals surface area contributed by atoms with E-state index in [0.717, 1.165) is 46.1 Å². The van der Waals surface area contributed by atoms with E-state index in [1.54, 1.807) is 6.20 Å². The lowest BCUT2D eigenvalue weighted by atomic mass is 10.0. The number of nitrogens with zero attached hydrogens (tertiary/aromatic N) is 5. The second kappa shape index (κ2) is 15.7. The number of nitriles is 2. The van der Waals surface area contributed by atoms with Crippen molar-refractivity contribution in [2.45, 2.75) is 98.3 Å². The normalized spacial score (nSPS) is 15.2. The fraction of sp³-hybridized carbons (Fsp3) is 0.459. The zero-order valence-electron chi connectivity index (χ0n) is 26.3. The predicted octanol–water partition coefficient (Wildman–Crippen LogP) is 10.2. The summed E-state index contributed by atoms with van der Waals surface area (Å²) in [7, 11) is 0. The molecule has 224 valence electrons. The summed E-state index contributed by atoms with van der Waals surface area (Å²) in [5.41, 5.74) is 8.89. The number of pyridine rings is 2. The molecule has 43 heavy (non-hydrogen) atoms. The van der Waals surface area contributed by atoms with Crippen LogP contribution in [0.3, 0.4) is 0 Å². The van der Waals surface area contributed by atoms with Crippen LogP contribution in [-0.2, 0) is 0 Å². The molecule has 6 rings (SSSR count). The van der Waals surface area contributed by atoms with Gasteiger partial charge in [-0.3, -0.25) is 9.97 Å². The highest BCUT2D eigenvalue weighted by Crippen LogP contribution is 2.33. The second-order valence-corrected chi connectivity index (χ2v) is 12.4. The number of rotatable bonds is 1. The largest absolute Gasteiger partial charge is 0.370 e. The highest BCUT2D eigenvalue weighted by atomic mass is 35.5. The maximum absolute atomic E-state index is 9.49. The van der Waals surface area contributed by atoms with E-state index in [9.17, 15) is 5.26 Å². The molecule has 2 aromatic heterocycles. The molecule has 1 saturated carbocycles. The molecule has 0 N–H and O–H groups in total. The van der Waals surface area contributed by atoms with Crippen molar-refractivity contribution >= 4 is 39.1 Å². The lowest BCUT2D eigenvalue weighted by Gasteiger charge is -2.25. The van der Waals surface area contributed by atoms with Crippen molar-refractivity contribution in [2.75, 3.05) is 18.0 Å². The van der Waals surface area contributed by atoms with Gasteiger partial charge in [-0.1, -0.05) is 69.4 Å². The van der Waals surface area contributed by atoms with E-state index in [2.05, 4.69) is 46.9 Å². The minimum Gasteiger partial charge on any atom is -0.370 e. The molecule has 0 amide bonds. The van der Waals surface area contributed by atoms with Crippen LogP contribution in [0.25, 0.3) is 21.8 Å². The highest BCUT2D eigenvalue weighted by molar-refractivity contribution is 6.36. The van der Waals surface area contributed by atoms with E-state index in [1.807, 2.05) is 32.0 Å². The molecular weight excluding hydrogens is 550 g/mol. The minimum atomic E-state index is 0.424. The van der Waals surface area contributed by atoms with E-state index >= 15 is 0 Å². The number of benzene rings is 2. The van der Waals surface area contributed by atoms with Gasteiger partial charge >= 0.3 is 0 Å². The number of hydrogen-bond acceptors (Lipinski definition) is 5. The van der Waals surface area contributed by atoms with Gasteiger partial charge in [0.2, 0.25) is 0 Å². The topological polar surface area (TPSA) is 76.6 Å². The van der Waals surface area contributed by atoms with E-state index in [0.29, 0.717) is 16.1 Å². The van der Waals surface area contributed by atoms with Gasteiger partial charge in [0.15, 0.2) is 0 Å². The van der Waals surface area contributed by atoms with Crippen molar-refractivity contribution in [2.24, 2.45) is 0 Å². The van der Waals surface area contributed by atoms with Gasteiger partial charge in [-0.05, 0) is 87.1 Å². The van der Waals surface area contributed by atoms with Crippen LogP contribution in [0.5, 0.6) is 0 Å². The summed E-state index contributed by atoms with van der Waals surface area (Å²) in [4.78, 5) is 11.1. The van der Waals surface area contributed by atoms with E-state index < -0.39 is 0 Å². The molecule has 3 heterocycles. The Kier molecular flexibility index (Phi) is 11.8. The predicted molar refractivity (Wildman–Crippen MR) is 180 cm³/mol. The SMILES string of the molecule is C1CCCCCC1.Cc1cc2ncc(C#N)c(Cl)c2cc1C.Cc1cc2ncc(C#N)c(N3CCCCCC3)c2cc1C. The summed E-state index contributed by atoms with van der Waals surface area (Å²) in [6.45, 7) is 10.4. The lowest BCUT2D eigenvalue weighted by Crippen LogP contribution is -2.25. The Bertz CT molecular complexity index is 1620. The van der Waals surface area contributed by atoms with Crippen LogP contribution in [0.4, 0.5) is 5.69 Å². The zero-order chi connectivity index (χ0) is 30.8. The van der Waals surface area contributed by atoms with Gasteiger partial charge in [0.05, 0.1) is 32.9 Å². The number of anilines is 1. The first kappa shape index (κ1) is 32.2. The molecule has 2 aliphatic rings. The average Bonchev–Trinajstić information content (AvgIpc) is 3.48. The third-order valence-electron chi connectivity index (χ3n) is 8.79. The van der Waals surface area contributed by atoms with Crippen LogP contribution in [0.15, 0.2) is 36.7 Å². The first-order chi connectivity index (χ1) is 20.8. The summed E-state index contributed by atoms with van der Waals surface area (Å²) in [6.07, 6.45) is 18.7. The lowest BCUT2D eigenvalue weighted by molar-refractivity contribution is 0.702. The molecule has 5 nitrogen and oxygen atoms in total. The first-order valence-corrected chi connectivity index (χ1v) is 16.2. The minimum absolute atomic E-state index is 0.424. The Balaban J connectivity index is 0.000000167. The van der Waals surface area contributed by atoms with Gasteiger partial charge in [-0.25, -0.2) is 0 Å². The van der Waals surface area contributed by atoms with Crippen LogP contribution in [-0.4, -0.2) is 23.1 Å². The Hall–Kier alpha value is -3.67. The number of halogens is 1. The van der Waals surface area contributed by atoms with Crippen molar-refractivity contribution in [1.82, 2.24) is 9.97 Å². The molecule has 0 spiro atoms. The summed E-state index contributed by atoms with van der Waals surface area (Å²) in [5, 5.41) is 20.8. The number of aromatic nitrogens is 2. The van der Waals surface area contributed by atoms with Crippen molar-refractivity contribution in [1.29, 1.82) is 10.5 Å². The van der Waals surface area contributed by atoms with Crippen molar-refractivity contribution in [3.63, 3.8) is 0 Å². The van der Waals surface area contributed by atoms with Crippen LogP contribution >= 0.6 is 11.6 Å². The number of hydrogen-bond donors (Lipinski definition) is 0. The molecule has 6 heteroatoms. The Morgan fingerprint density at radius 1 is 0.581 bits per heavy atom. The van der Waals surface area contributed by atoms with Gasteiger partial charge in [-0.2, -0.15) is 10.5 Å². The average molecular weight is 594 g/mol. The molecule has 1 saturated heterocycles. The smallest absolute Gasteiger partial charge is 0.103 e. The molecule has 1 aliphatic carbocycles. The van der Waals surface area contributed by atoms with Gasteiger partial charge in [-0.15, -0.1) is 0 Å². The standard InChI is InChI=1S/C18H21N3.C12H9ClN2.C7H14/c1-13-9-16-17(10-14(13)2)20-12-15(11-19)18(16)21-7-5-3-4-6-8-21;1-7-3-10-11(4-8(7)2)15-6-9(5-14)12(10)13;1-2-4-6-7-5-3-1/h9-10,12H,3-8H2,1-2H3;3-4,6H,1-2H3;1-7H2. The molecule has 2 aromatic carbocycles. The fourth-order valence-electron chi connectivity index (χ4n) is 5.89. The number of fused-ring (bicyclic) bond motifs is 2. The van der Waals surface area contributed by atoms with Gasteiger partial charge in [0, 0.05) is 36.3 Å². The van der Waals surface area contributed by atoms with Crippen molar-refractivity contribution in [3.05, 3.63) is 75.1 Å². The zero-order valence-corrected chi connectivity index (χ0v) is 27.0. The maximum atomic E-state index is 9.49. The quantitative estimate of drug-likeness (QED) is 0.205. The maximum Gasteiger partial charge on any atom is 0.103 e. The van der Waals surface area contributed by atoms with E-state index in [4.69, 9.17) is 16.9 Å². The first-order valence-electron chi connectivity index (χ1n) is 15.8. The van der Waals surface area contributed by atoms with Crippen molar-refractivity contribution < 1.29 is 0 Å². The summed E-state index contributed by atoms with van der Waals surface area (Å²) in [5.74, 6) is 0. The molecule has 0 radical (unpaired) electrons. The Morgan fingerprint density at radius 3 is 1.47 bits per heavy atom. The second-order valence-electron chi connectivity index (χ2n) is 12.0. The molecular formula is C37H44ClN5. The fourth-order valence-corrected chi connectivity index (χ4v) is 6.13. The van der Waals surface area contributed by atoms with Gasteiger partial charge < -0.3 is 4.90 Å². The van der Waals surface area contributed by atoms with Crippen LogP contribution < -0.4 is 4.90 Å². The van der Waals surface area contributed by atoms with Gasteiger partial charge in [0.25, 0.3) is 0 Å². The van der Waals surface area contributed by atoms with Crippen LogP contribution in [0.2, 0.25) is 5.02 Å². The summed E-state index contributed by atoms with van der Waals surface area (Å²) in [6, 6.07) is 12.6. The third kappa shape index (κ3) is 8.25. The Morgan fingerprint density at radius 2 is 0.977 bits per heavy atom. The molecule has 2 fully saturated rings.